The summed E-state index contributed by atoms with van der Waals surface area (Å²) in [5.41, 5.74) is 2.53. The third-order valence-electron chi connectivity index (χ3n) is 4.94. The van der Waals surface area contributed by atoms with E-state index in [1.807, 2.05) is 0 Å². The largest absolute Gasteiger partial charge is 0.493 e. The van der Waals surface area contributed by atoms with Crippen molar-refractivity contribution in [3.05, 3.63) is 35.0 Å². The highest BCUT2D eigenvalue weighted by Crippen LogP contribution is 2.33. The number of guanidine groups is 1. The van der Waals surface area contributed by atoms with Crippen LogP contribution in [0.3, 0.4) is 0 Å². The molecule has 8 nitrogen and oxygen atoms in total. The van der Waals surface area contributed by atoms with Gasteiger partial charge in [0.05, 0.1) is 20.8 Å². The molecule has 0 saturated heterocycles. The smallest absolute Gasteiger partial charge is 0.228 e. The highest BCUT2D eigenvalue weighted by atomic mass is 16.5. The van der Waals surface area contributed by atoms with Crippen molar-refractivity contribution in [1.29, 1.82) is 0 Å². The van der Waals surface area contributed by atoms with Crippen molar-refractivity contribution in [3.8, 4) is 11.5 Å². The molecule has 8 heteroatoms. The fourth-order valence-corrected chi connectivity index (χ4v) is 3.35. The van der Waals surface area contributed by atoms with Crippen LogP contribution in [-0.2, 0) is 19.4 Å². The Morgan fingerprint density at radius 1 is 1.24 bits per heavy atom. The number of nitrogens with one attached hydrogen (secondary N) is 1. The minimum atomic E-state index is 0.261. The molecule has 0 atom stereocenters. The molecule has 0 spiro atoms. The molecule has 3 rings (SSSR count). The lowest BCUT2D eigenvalue weighted by atomic mass is 9.99. The Morgan fingerprint density at radius 2 is 1.97 bits per heavy atom. The molecule has 1 aliphatic heterocycles. The van der Waals surface area contributed by atoms with Crippen LogP contribution in [-0.4, -0.2) is 54.9 Å². The van der Waals surface area contributed by atoms with Crippen LogP contribution in [0.25, 0.3) is 0 Å². The van der Waals surface area contributed by atoms with Gasteiger partial charge >= 0.3 is 0 Å². The van der Waals surface area contributed by atoms with E-state index in [1.54, 1.807) is 14.2 Å². The molecule has 1 aromatic heterocycles. The normalized spacial score (nSPS) is 14.1. The molecule has 29 heavy (non-hydrogen) atoms. The Kier molecular flexibility index (Phi) is 6.95. The van der Waals surface area contributed by atoms with Gasteiger partial charge in [0.15, 0.2) is 23.3 Å². The Balaban J connectivity index is 1.69. The number of ether oxygens (including phenoxy) is 2. The molecule has 2 heterocycles. The molecule has 0 aliphatic carbocycles. The maximum absolute atomic E-state index is 5.47. The van der Waals surface area contributed by atoms with Crippen molar-refractivity contribution in [1.82, 2.24) is 20.4 Å². The third kappa shape index (κ3) is 4.99. The lowest BCUT2D eigenvalue weighted by Crippen LogP contribution is -2.44. The molecule has 1 aromatic carbocycles. The number of fused-ring (bicyclic) bond motifs is 1. The van der Waals surface area contributed by atoms with Gasteiger partial charge in [0.1, 0.15) is 0 Å². The van der Waals surface area contributed by atoms with Crippen LogP contribution < -0.4 is 14.8 Å². The molecular weight excluding hydrogens is 370 g/mol. The number of hydrogen-bond donors (Lipinski definition) is 1. The van der Waals surface area contributed by atoms with E-state index in [0.717, 1.165) is 49.3 Å². The molecule has 0 saturated carbocycles. The van der Waals surface area contributed by atoms with Crippen LogP contribution in [0.15, 0.2) is 21.6 Å². The number of methoxy groups -OCH3 is 2. The Hall–Kier alpha value is -2.77. The molecule has 0 radical (unpaired) electrons. The Morgan fingerprint density at radius 3 is 2.59 bits per heavy atom. The fraction of sp³-hybridized carbons (Fsp3) is 0.571. The number of rotatable bonds is 7. The number of nitrogens with zero attached hydrogens (tertiary/aromatic N) is 4. The van der Waals surface area contributed by atoms with Gasteiger partial charge in [-0.1, -0.05) is 19.0 Å². The van der Waals surface area contributed by atoms with E-state index in [4.69, 9.17) is 19.0 Å². The van der Waals surface area contributed by atoms with E-state index in [1.165, 1.54) is 11.1 Å². The first-order valence-electron chi connectivity index (χ1n) is 10.1. The third-order valence-corrected chi connectivity index (χ3v) is 4.94. The second-order valence-corrected chi connectivity index (χ2v) is 7.33. The van der Waals surface area contributed by atoms with E-state index in [9.17, 15) is 0 Å². The number of aliphatic imine (C=N–C) groups is 1. The van der Waals surface area contributed by atoms with Crippen molar-refractivity contribution in [2.45, 2.75) is 46.1 Å². The van der Waals surface area contributed by atoms with Gasteiger partial charge in [-0.05, 0) is 36.6 Å². The molecule has 0 amide bonds. The highest BCUT2D eigenvalue weighted by Gasteiger charge is 2.21. The van der Waals surface area contributed by atoms with Gasteiger partial charge in [0.2, 0.25) is 5.89 Å². The summed E-state index contributed by atoms with van der Waals surface area (Å²) in [5.74, 6) is 4.07. The second kappa shape index (κ2) is 9.62. The number of aromatic nitrogens is 2. The monoisotopic (exact) mass is 401 g/mol. The van der Waals surface area contributed by atoms with Crippen LogP contribution in [0.4, 0.5) is 0 Å². The van der Waals surface area contributed by atoms with Crippen molar-refractivity contribution in [2.75, 3.05) is 33.9 Å². The van der Waals surface area contributed by atoms with Crippen LogP contribution in [0.5, 0.6) is 11.5 Å². The lowest BCUT2D eigenvalue weighted by Gasteiger charge is -2.32. The van der Waals surface area contributed by atoms with Gasteiger partial charge in [0, 0.05) is 32.0 Å². The zero-order chi connectivity index (χ0) is 20.8. The van der Waals surface area contributed by atoms with E-state index >= 15 is 0 Å². The van der Waals surface area contributed by atoms with Gasteiger partial charge in [-0.15, -0.1) is 0 Å². The van der Waals surface area contributed by atoms with Crippen LogP contribution in [0.2, 0.25) is 0 Å². The minimum Gasteiger partial charge on any atom is -0.493 e. The van der Waals surface area contributed by atoms with E-state index in [0.29, 0.717) is 18.9 Å². The average molecular weight is 402 g/mol. The summed E-state index contributed by atoms with van der Waals surface area (Å²) in [7, 11) is 3.33. The van der Waals surface area contributed by atoms with Crippen LogP contribution >= 0.6 is 0 Å². The maximum Gasteiger partial charge on any atom is 0.228 e. The summed E-state index contributed by atoms with van der Waals surface area (Å²) < 4.78 is 16.2. The van der Waals surface area contributed by atoms with Crippen LogP contribution in [0, 0.1) is 0 Å². The summed E-state index contributed by atoms with van der Waals surface area (Å²) >= 11 is 0. The first kappa shape index (κ1) is 21.0. The Labute approximate surface area is 172 Å². The van der Waals surface area contributed by atoms with Gasteiger partial charge in [-0.2, -0.15) is 4.98 Å². The van der Waals surface area contributed by atoms with E-state index in [2.05, 4.69) is 53.3 Å². The van der Waals surface area contributed by atoms with Crippen molar-refractivity contribution in [3.63, 3.8) is 0 Å². The van der Waals surface area contributed by atoms with Gasteiger partial charge in [-0.3, -0.25) is 4.99 Å². The zero-order valence-corrected chi connectivity index (χ0v) is 18.0. The first-order valence-corrected chi connectivity index (χ1v) is 10.1. The molecule has 0 unspecified atom stereocenters. The maximum atomic E-state index is 5.47. The predicted octanol–water partition coefficient (Wildman–Crippen LogP) is 2.78. The average Bonchev–Trinajstić information content (AvgIpc) is 3.21. The molecule has 0 bridgehead atoms. The van der Waals surface area contributed by atoms with E-state index in [-0.39, 0.29) is 5.92 Å². The fourth-order valence-electron chi connectivity index (χ4n) is 3.35. The molecule has 1 N–H and O–H groups in total. The number of benzene rings is 1. The Bertz CT molecular complexity index is 847. The minimum absolute atomic E-state index is 0.261. The van der Waals surface area contributed by atoms with Crippen LogP contribution in [0.1, 0.15) is 49.5 Å². The first-order chi connectivity index (χ1) is 14.0. The van der Waals surface area contributed by atoms with E-state index < -0.39 is 0 Å². The summed E-state index contributed by atoms with van der Waals surface area (Å²) in [4.78, 5) is 11.5. The molecule has 2 aromatic rings. The molecule has 158 valence electrons. The summed E-state index contributed by atoms with van der Waals surface area (Å²) in [6, 6.07) is 4.15. The van der Waals surface area contributed by atoms with Crippen molar-refractivity contribution in [2.24, 2.45) is 4.99 Å². The second-order valence-electron chi connectivity index (χ2n) is 7.33. The van der Waals surface area contributed by atoms with Gasteiger partial charge in [0.25, 0.3) is 0 Å². The highest BCUT2D eigenvalue weighted by molar-refractivity contribution is 5.80. The molecule has 1 aliphatic rings. The molecule has 0 fully saturated rings. The van der Waals surface area contributed by atoms with Gasteiger partial charge in [-0.25, -0.2) is 0 Å². The summed E-state index contributed by atoms with van der Waals surface area (Å²) in [5, 5.41) is 7.41. The summed E-state index contributed by atoms with van der Waals surface area (Å²) in [6.07, 6.45) is 1.56. The molecular formula is C21H31N5O3. The lowest BCUT2D eigenvalue weighted by molar-refractivity contribution is 0.345. The van der Waals surface area contributed by atoms with Crippen molar-refractivity contribution < 1.29 is 14.0 Å². The number of hydrogen-bond acceptors (Lipinski definition) is 6. The standard InChI is InChI=1S/C21H31N5O3/c1-6-22-21(23-9-7-19-24-20(14(2)3)25-29-19)26-10-8-15-11-17(27-4)18(28-5)12-16(15)13-26/h11-12,14H,6-10,13H2,1-5H3,(H,22,23). The summed E-state index contributed by atoms with van der Waals surface area (Å²) in [6.45, 7) is 9.26. The SMILES string of the molecule is CCNC(=NCCc1nc(C(C)C)no1)N1CCc2cc(OC)c(OC)cc2C1. The van der Waals surface area contributed by atoms with Crippen molar-refractivity contribution >= 4 is 5.96 Å². The zero-order valence-electron chi connectivity index (χ0n) is 18.0. The quantitative estimate of drug-likeness (QED) is 0.564. The predicted molar refractivity (Wildman–Crippen MR) is 112 cm³/mol. The van der Waals surface area contributed by atoms with Gasteiger partial charge < -0.3 is 24.2 Å². The topological polar surface area (TPSA) is 85.0 Å².